The quantitative estimate of drug-likeness (QED) is 0.914. The number of hydrogen-bond acceptors (Lipinski definition) is 3. The summed E-state index contributed by atoms with van der Waals surface area (Å²) in [5.74, 6) is -0.594. The van der Waals surface area contributed by atoms with Crippen LogP contribution in [0.4, 0.5) is 0 Å². The van der Waals surface area contributed by atoms with Crippen molar-refractivity contribution in [3.63, 3.8) is 0 Å². The van der Waals surface area contributed by atoms with Gasteiger partial charge >= 0.3 is 0 Å². The Balaban J connectivity index is 2.73. The number of primary amides is 1. The third-order valence-electron chi connectivity index (χ3n) is 3.01. The van der Waals surface area contributed by atoms with Crippen LogP contribution in [0.2, 0.25) is 10.0 Å². The number of nitrogens with two attached hydrogens (primary N) is 2. The summed E-state index contributed by atoms with van der Waals surface area (Å²) in [5.41, 5.74) is 14.2. The largest absolute Gasteiger partial charge is 0.364 e. The lowest BCUT2D eigenvalue weighted by molar-refractivity contribution is 0.0995. The van der Waals surface area contributed by atoms with E-state index in [1.807, 2.05) is 0 Å². The van der Waals surface area contributed by atoms with Gasteiger partial charge in [-0.3, -0.25) is 4.79 Å². The number of nitrogens with zero attached hydrogens (tertiary/aromatic N) is 1. The molecule has 4 N–H and O–H groups in total. The first-order valence-electron chi connectivity index (χ1n) is 5.90. The lowest BCUT2D eigenvalue weighted by Crippen LogP contribution is -2.15. The topological polar surface area (TPSA) is 82.0 Å². The van der Waals surface area contributed by atoms with E-state index in [0.717, 1.165) is 16.7 Å². The van der Waals surface area contributed by atoms with Crippen LogP contribution in [0.15, 0.2) is 24.3 Å². The molecule has 6 heteroatoms. The molecule has 4 nitrogen and oxygen atoms in total. The van der Waals surface area contributed by atoms with Gasteiger partial charge in [0.25, 0.3) is 5.91 Å². The molecule has 20 heavy (non-hydrogen) atoms. The Kier molecular flexibility index (Phi) is 4.28. The van der Waals surface area contributed by atoms with E-state index in [1.54, 1.807) is 31.2 Å². The van der Waals surface area contributed by atoms with Gasteiger partial charge in [0.15, 0.2) is 0 Å². The van der Waals surface area contributed by atoms with Crippen LogP contribution in [0.1, 0.15) is 21.7 Å². The molecule has 0 unspecified atom stereocenters. The fraction of sp³-hybridized carbons (Fsp3) is 0.143. The van der Waals surface area contributed by atoms with Crippen molar-refractivity contribution in [1.82, 2.24) is 4.98 Å². The van der Waals surface area contributed by atoms with Gasteiger partial charge in [-0.15, -0.1) is 0 Å². The van der Waals surface area contributed by atoms with Crippen molar-refractivity contribution in [2.75, 3.05) is 0 Å². The van der Waals surface area contributed by atoms with E-state index in [1.165, 1.54) is 0 Å². The minimum atomic E-state index is -0.594. The zero-order valence-electron chi connectivity index (χ0n) is 10.8. The van der Waals surface area contributed by atoms with Crippen molar-refractivity contribution in [2.45, 2.75) is 13.5 Å². The van der Waals surface area contributed by atoms with Crippen LogP contribution in [-0.4, -0.2) is 10.9 Å². The Bertz CT molecular complexity index is 686. The molecule has 1 aromatic heterocycles. The molecule has 0 fully saturated rings. The monoisotopic (exact) mass is 309 g/mol. The second-order valence-electron chi connectivity index (χ2n) is 4.31. The predicted molar refractivity (Wildman–Crippen MR) is 80.8 cm³/mol. The fourth-order valence-electron chi connectivity index (χ4n) is 2.03. The lowest BCUT2D eigenvalue weighted by atomic mass is 9.98. The van der Waals surface area contributed by atoms with E-state index in [0.29, 0.717) is 15.7 Å². The van der Waals surface area contributed by atoms with Gasteiger partial charge in [-0.1, -0.05) is 29.3 Å². The van der Waals surface area contributed by atoms with Gasteiger partial charge in [0, 0.05) is 27.8 Å². The van der Waals surface area contributed by atoms with Crippen LogP contribution in [0.5, 0.6) is 0 Å². The van der Waals surface area contributed by atoms with Gasteiger partial charge in [0.1, 0.15) is 5.69 Å². The highest BCUT2D eigenvalue weighted by molar-refractivity contribution is 6.36. The average molecular weight is 310 g/mol. The third kappa shape index (κ3) is 2.77. The first-order chi connectivity index (χ1) is 9.43. The van der Waals surface area contributed by atoms with Gasteiger partial charge in [-0.2, -0.15) is 0 Å². The first kappa shape index (κ1) is 14.8. The number of amides is 1. The van der Waals surface area contributed by atoms with Crippen molar-refractivity contribution in [3.8, 4) is 11.1 Å². The van der Waals surface area contributed by atoms with E-state index >= 15 is 0 Å². The van der Waals surface area contributed by atoms with Gasteiger partial charge in [0.2, 0.25) is 0 Å². The summed E-state index contributed by atoms with van der Waals surface area (Å²) >= 11 is 12.1. The summed E-state index contributed by atoms with van der Waals surface area (Å²) in [5, 5.41) is 1.02. The smallest absolute Gasteiger partial charge is 0.267 e. The third-order valence-corrected chi connectivity index (χ3v) is 3.56. The second kappa shape index (κ2) is 5.79. The Labute approximate surface area is 126 Å². The zero-order valence-corrected chi connectivity index (χ0v) is 12.3. The van der Waals surface area contributed by atoms with Gasteiger partial charge in [-0.25, -0.2) is 4.98 Å². The SMILES string of the molecule is Cc1nc(C(N)=O)cc(-c2ccc(Cl)cc2Cl)c1CN. The molecule has 104 valence electrons. The summed E-state index contributed by atoms with van der Waals surface area (Å²) in [4.78, 5) is 15.5. The number of hydrogen-bond donors (Lipinski definition) is 2. The number of benzene rings is 1. The molecule has 0 aliphatic carbocycles. The highest BCUT2D eigenvalue weighted by Gasteiger charge is 2.15. The summed E-state index contributed by atoms with van der Waals surface area (Å²) in [7, 11) is 0. The van der Waals surface area contributed by atoms with Crippen LogP contribution in [0.25, 0.3) is 11.1 Å². The molecule has 0 spiro atoms. The van der Waals surface area contributed by atoms with Crippen molar-refractivity contribution in [3.05, 3.63) is 51.3 Å². The molecular weight excluding hydrogens is 297 g/mol. The van der Waals surface area contributed by atoms with Crippen LogP contribution in [0.3, 0.4) is 0 Å². The lowest BCUT2D eigenvalue weighted by Gasteiger charge is -2.13. The van der Waals surface area contributed by atoms with E-state index in [9.17, 15) is 4.79 Å². The van der Waals surface area contributed by atoms with Crippen LogP contribution in [0, 0.1) is 6.92 Å². The summed E-state index contributed by atoms with van der Waals surface area (Å²) < 4.78 is 0. The first-order valence-corrected chi connectivity index (χ1v) is 6.65. The number of rotatable bonds is 3. The van der Waals surface area contributed by atoms with Crippen LogP contribution >= 0.6 is 23.2 Å². The van der Waals surface area contributed by atoms with Gasteiger partial charge in [-0.05, 0) is 36.2 Å². The molecule has 1 amide bonds. The van der Waals surface area contributed by atoms with Crippen LogP contribution in [-0.2, 0) is 6.54 Å². The molecule has 0 bridgehead atoms. The Morgan fingerprint density at radius 2 is 1.95 bits per heavy atom. The van der Waals surface area contributed by atoms with Crippen LogP contribution < -0.4 is 11.5 Å². The number of carbonyl (C=O) groups is 1. The highest BCUT2D eigenvalue weighted by Crippen LogP contribution is 2.33. The summed E-state index contributed by atoms with van der Waals surface area (Å²) in [6.07, 6.45) is 0. The fourth-order valence-corrected chi connectivity index (χ4v) is 2.54. The minimum absolute atomic E-state index is 0.181. The van der Waals surface area contributed by atoms with E-state index in [-0.39, 0.29) is 12.2 Å². The standard InChI is InChI=1S/C14H13Cl2N3O/c1-7-11(6-17)10(5-13(19-7)14(18)20)9-3-2-8(15)4-12(9)16/h2-5H,6,17H2,1H3,(H2,18,20). The van der Waals surface area contributed by atoms with Crippen molar-refractivity contribution >= 4 is 29.1 Å². The number of aromatic nitrogens is 1. The minimum Gasteiger partial charge on any atom is -0.364 e. The number of pyridine rings is 1. The molecule has 1 aromatic carbocycles. The number of halogens is 2. The predicted octanol–water partition coefficient (Wildman–Crippen LogP) is 2.92. The van der Waals surface area contributed by atoms with Gasteiger partial charge in [0.05, 0.1) is 0 Å². The van der Waals surface area contributed by atoms with E-state index < -0.39 is 5.91 Å². The highest BCUT2D eigenvalue weighted by atomic mass is 35.5. The molecule has 0 aliphatic rings. The molecule has 0 saturated carbocycles. The Hall–Kier alpha value is -1.62. The van der Waals surface area contributed by atoms with E-state index in [4.69, 9.17) is 34.7 Å². The number of carbonyl (C=O) groups excluding carboxylic acids is 1. The van der Waals surface area contributed by atoms with Crippen molar-refractivity contribution < 1.29 is 4.79 Å². The summed E-state index contributed by atoms with van der Waals surface area (Å²) in [6, 6.07) is 6.75. The Morgan fingerprint density at radius 3 is 2.50 bits per heavy atom. The normalized spacial score (nSPS) is 10.6. The maximum absolute atomic E-state index is 11.3. The van der Waals surface area contributed by atoms with E-state index in [2.05, 4.69) is 4.98 Å². The average Bonchev–Trinajstić information content (AvgIpc) is 2.37. The molecule has 0 atom stereocenters. The summed E-state index contributed by atoms with van der Waals surface area (Å²) in [6.45, 7) is 2.06. The Morgan fingerprint density at radius 1 is 1.25 bits per heavy atom. The molecule has 2 aromatic rings. The molecule has 0 radical (unpaired) electrons. The van der Waals surface area contributed by atoms with Gasteiger partial charge < -0.3 is 11.5 Å². The zero-order chi connectivity index (χ0) is 14.9. The molecule has 0 aliphatic heterocycles. The van der Waals surface area contributed by atoms with Crippen molar-refractivity contribution in [2.24, 2.45) is 11.5 Å². The molecule has 1 heterocycles. The second-order valence-corrected chi connectivity index (χ2v) is 5.16. The maximum Gasteiger partial charge on any atom is 0.267 e. The molecule has 2 rings (SSSR count). The number of aryl methyl sites for hydroxylation is 1. The molecule has 0 saturated heterocycles. The maximum atomic E-state index is 11.3. The van der Waals surface area contributed by atoms with Crippen molar-refractivity contribution in [1.29, 1.82) is 0 Å². The molecular formula is C14H13Cl2N3O.